The lowest BCUT2D eigenvalue weighted by molar-refractivity contribution is -0.0526. The number of esters is 1. The second kappa shape index (κ2) is 7.84. The number of aliphatic hydroxyl groups is 1. The van der Waals surface area contributed by atoms with E-state index < -0.39 is 48.4 Å². The number of hydrogen-bond acceptors (Lipinski definition) is 7. The summed E-state index contributed by atoms with van der Waals surface area (Å²) in [5.41, 5.74) is 4.07. The Kier molecular flexibility index (Phi) is 4.44. The zero-order chi connectivity index (χ0) is 23.8. The van der Waals surface area contributed by atoms with E-state index in [-0.39, 0.29) is 16.7 Å². The number of pyridine rings is 2. The Morgan fingerprint density at radius 3 is 2.55 bits per heavy atom. The van der Waals surface area contributed by atoms with Crippen molar-refractivity contribution in [3.63, 3.8) is 0 Å². The third kappa shape index (κ3) is 3.74. The first-order valence-corrected chi connectivity index (χ1v) is 8.21. The number of ether oxygens (including phenoxy) is 2. The number of rotatable bonds is 5. The van der Waals surface area contributed by atoms with Crippen LogP contribution in [0.5, 0.6) is 5.88 Å². The van der Waals surface area contributed by atoms with Crippen molar-refractivity contribution >= 4 is 22.7 Å². The Labute approximate surface area is 167 Å². The fourth-order valence-electron chi connectivity index (χ4n) is 2.82. The molecule has 0 fully saturated rings. The first kappa shape index (κ1) is 16.4. The van der Waals surface area contributed by atoms with Gasteiger partial charge in [-0.15, -0.1) is 0 Å². The van der Waals surface area contributed by atoms with Gasteiger partial charge in [-0.1, -0.05) is 12.1 Å². The molecule has 8 nitrogen and oxygen atoms in total. The standard InChI is InChI=1S/C19H17F2N3O5/c1-9(25)10-3-5-11(6-4-10)24-16-12(7-8-13(23-16)29-19(20)21)15(22)14(17(24)26)18(27)28-2/h3-9,19,25H,22H2,1-2H3/t9-/m1/s1/i2D3. The molecule has 0 bridgehead atoms. The van der Waals surface area contributed by atoms with Gasteiger partial charge in [0, 0.05) is 11.5 Å². The molecule has 152 valence electrons. The van der Waals surface area contributed by atoms with Crippen LogP contribution in [0.1, 0.15) is 33.1 Å². The van der Waals surface area contributed by atoms with E-state index in [4.69, 9.17) is 9.85 Å². The highest BCUT2D eigenvalue weighted by molar-refractivity contribution is 6.03. The molecule has 1 aromatic carbocycles. The maximum Gasteiger partial charge on any atom is 0.388 e. The van der Waals surface area contributed by atoms with Crippen molar-refractivity contribution in [2.75, 3.05) is 12.8 Å². The molecule has 3 N–H and O–H groups in total. The van der Waals surface area contributed by atoms with Crippen LogP contribution < -0.4 is 16.0 Å². The van der Waals surface area contributed by atoms with Gasteiger partial charge in [0.2, 0.25) is 5.88 Å². The summed E-state index contributed by atoms with van der Waals surface area (Å²) < 4.78 is 56.1. The van der Waals surface area contributed by atoms with Crippen molar-refractivity contribution < 1.29 is 32.3 Å². The molecule has 0 aliphatic rings. The summed E-state index contributed by atoms with van der Waals surface area (Å²) in [6.07, 6.45) is -0.807. The van der Waals surface area contributed by atoms with Gasteiger partial charge in [0.05, 0.1) is 28.6 Å². The summed E-state index contributed by atoms with van der Waals surface area (Å²) >= 11 is 0. The summed E-state index contributed by atoms with van der Waals surface area (Å²) in [5.74, 6) is -2.00. The number of aromatic nitrogens is 2. The molecular formula is C19H17F2N3O5. The zero-order valence-corrected chi connectivity index (χ0v) is 14.9. The minimum absolute atomic E-state index is 0.0108. The number of nitrogens with zero attached hydrogens (tertiary/aromatic N) is 2. The van der Waals surface area contributed by atoms with Gasteiger partial charge >= 0.3 is 12.6 Å². The molecule has 0 aliphatic heterocycles. The first-order chi connectivity index (χ1) is 14.9. The van der Waals surface area contributed by atoms with Crippen molar-refractivity contribution in [2.24, 2.45) is 0 Å². The van der Waals surface area contributed by atoms with Gasteiger partial charge in [-0.2, -0.15) is 13.8 Å². The maximum atomic E-state index is 13.2. The number of hydrogen-bond donors (Lipinski definition) is 2. The molecule has 0 aliphatic carbocycles. The van der Waals surface area contributed by atoms with Crippen molar-refractivity contribution in [3.05, 3.63) is 57.9 Å². The first-order valence-electron chi connectivity index (χ1n) is 9.71. The molecule has 0 saturated heterocycles. The lowest BCUT2D eigenvalue weighted by Crippen LogP contribution is -2.28. The lowest BCUT2D eigenvalue weighted by atomic mass is 10.1. The highest BCUT2D eigenvalue weighted by atomic mass is 19.3. The molecule has 3 rings (SSSR count). The number of methoxy groups -OCH3 is 1. The molecule has 2 aromatic heterocycles. The highest BCUT2D eigenvalue weighted by Crippen LogP contribution is 2.27. The molecule has 0 spiro atoms. The van der Waals surface area contributed by atoms with Gasteiger partial charge in [-0.05, 0) is 30.7 Å². The monoisotopic (exact) mass is 408 g/mol. The molecule has 1 atom stereocenters. The van der Waals surface area contributed by atoms with E-state index in [1.807, 2.05) is 0 Å². The van der Waals surface area contributed by atoms with E-state index in [1.165, 1.54) is 37.3 Å². The Morgan fingerprint density at radius 1 is 1.28 bits per heavy atom. The number of aliphatic hydroxyl groups excluding tert-OH is 1. The number of nitrogen functional groups attached to an aromatic ring is 1. The summed E-state index contributed by atoms with van der Waals surface area (Å²) in [6.45, 7) is -1.66. The van der Waals surface area contributed by atoms with Gasteiger partial charge < -0.3 is 20.3 Å². The molecule has 0 radical (unpaired) electrons. The molecule has 2 heterocycles. The van der Waals surface area contributed by atoms with Crippen LogP contribution in [-0.2, 0) is 4.74 Å². The van der Waals surface area contributed by atoms with E-state index in [0.717, 1.165) is 10.6 Å². The number of anilines is 1. The Morgan fingerprint density at radius 2 is 1.97 bits per heavy atom. The van der Waals surface area contributed by atoms with Crippen LogP contribution >= 0.6 is 0 Å². The number of alkyl halides is 2. The summed E-state index contributed by atoms with van der Waals surface area (Å²) in [4.78, 5) is 29.6. The summed E-state index contributed by atoms with van der Waals surface area (Å²) in [5, 5.41) is 9.68. The van der Waals surface area contributed by atoms with Gasteiger partial charge in [0.25, 0.3) is 5.56 Å². The smallest absolute Gasteiger partial charge is 0.388 e. The predicted molar refractivity (Wildman–Crippen MR) is 100 cm³/mol. The average molecular weight is 408 g/mol. The van der Waals surface area contributed by atoms with E-state index >= 15 is 0 Å². The molecule has 3 aromatic rings. The molecule has 29 heavy (non-hydrogen) atoms. The van der Waals surface area contributed by atoms with Crippen LogP contribution in [0.25, 0.3) is 16.7 Å². The van der Waals surface area contributed by atoms with Crippen molar-refractivity contribution in [1.82, 2.24) is 9.55 Å². The van der Waals surface area contributed by atoms with Crippen molar-refractivity contribution in [1.29, 1.82) is 0 Å². The van der Waals surface area contributed by atoms with Crippen LogP contribution in [0.3, 0.4) is 0 Å². The zero-order valence-electron chi connectivity index (χ0n) is 17.9. The molecule has 10 heteroatoms. The van der Waals surface area contributed by atoms with Gasteiger partial charge in [0.15, 0.2) is 5.65 Å². The van der Waals surface area contributed by atoms with Crippen LogP contribution in [0.15, 0.2) is 41.2 Å². The minimum Gasteiger partial charge on any atom is -0.465 e. The SMILES string of the molecule is [2H]C([2H])([2H])OC(=O)c1c(N)c2ccc(OC(F)F)nc2n(-c2ccc([C@@H](C)O)cc2)c1=O. The number of carbonyl (C=O) groups excluding carboxylic acids is 1. The summed E-state index contributed by atoms with van der Waals surface area (Å²) in [6, 6.07) is 8.07. The average Bonchev–Trinajstić information content (AvgIpc) is 2.66. The minimum atomic E-state index is -3.18. The predicted octanol–water partition coefficient (Wildman–Crippen LogP) is 2.41. The van der Waals surface area contributed by atoms with Crippen LogP contribution in [0.4, 0.5) is 14.5 Å². The Bertz CT molecular complexity index is 1230. The number of halogens is 2. The third-order valence-electron chi connectivity index (χ3n) is 4.18. The second-order valence-corrected chi connectivity index (χ2v) is 5.99. The van der Waals surface area contributed by atoms with E-state index in [0.29, 0.717) is 5.56 Å². The van der Waals surface area contributed by atoms with E-state index in [9.17, 15) is 23.5 Å². The van der Waals surface area contributed by atoms with Gasteiger partial charge in [-0.3, -0.25) is 9.36 Å². The number of benzene rings is 1. The molecular weight excluding hydrogens is 388 g/mol. The largest absolute Gasteiger partial charge is 0.465 e. The quantitative estimate of drug-likeness (QED) is 0.623. The van der Waals surface area contributed by atoms with Crippen molar-refractivity contribution in [2.45, 2.75) is 19.6 Å². The Balaban J connectivity index is 2.34. The van der Waals surface area contributed by atoms with Crippen LogP contribution in [0.2, 0.25) is 0 Å². The fourth-order valence-corrected chi connectivity index (χ4v) is 2.82. The maximum absolute atomic E-state index is 13.2. The Hall–Kier alpha value is -3.53. The topological polar surface area (TPSA) is 117 Å². The lowest BCUT2D eigenvalue weighted by Gasteiger charge is -2.16. The molecule has 0 saturated carbocycles. The number of fused-ring (bicyclic) bond motifs is 1. The highest BCUT2D eigenvalue weighted by Gasteiger charge is 2.23. The normalized spacial score (nSPS) is 14.2. The number of carbonyl (C=O) groups is 1. The fraction of sp³-hybridized carbons (Fsp3) is 0.211. The van der Waals surface area contributed by atoms with Gasteiger partial charge in [0.1, 0.15) is 5.56 Å². The van der Waals surface area contributed by atoms with Crippen molar-refractivity contribution in [3.8, 4) is 11.6 Å². The molecule has 0 unspecified atom stereocenters. The summed E-state index contributed by atoms with van der Waals surface area (Å²) in [7, 11) is -3.14. The van der Waals surface area contributed by atoms with Crippen LogP contribution in [0, 0.1) is 0 Å². The molecule has 0 amide bonds. The third-order valence-corrected chi connectivity index (χ3v) is 4.18. The van der Waals surface area contributed by atoms with Gasteiger partial charge in [-0.25, -0.2) is 4.79 Å². The van der Waals surface area contributed by atoms with E-state index in [2.05, 4.69) is 14.5 Å². The number of nitrogens with two attached hydrogens (primary N) is 1. The van der Waals surface area contributed by atoms with Crippen LogP contribution in [-0.4, -0.2) is 34.3 Å². The second-order valence-electron chi connectivity index (χ2n) is 5.99. The van der Waals surface area contributed by atoms with E-state index in [1.54, 1.807) is 0 Å².